The van der Waals surface area contributed by atoms with E-state index in [4.69, 9.17) is 21.8 Å². The number of carboxylic acids is 2. The first-order chi connectivity index (χ1) is 9.00. The molecule has 0 unspecified atom stereocenters. The number of hydrogen-bond donors (Lipinski definition) is 2. The van der Waals surface area contributed by atoms with Crippen LogP contribution in [-0.2, 0) is 11.3 Å². The number of aliphatic carboxylic acids is 1. The zero-order valence-corrected chi connectivity index (χ0v) is 10.2. The van der Waals surface area contributed by atoms with Crippen LogP contribution in [0.2, 0.25) is 5.02 Å². The van der Waals surface area contributed by atoms with Crippen LogP contribution >= 0.6 is 11.6 Å². The summed E-state index contributed by atoms with van der Waals surface area (Å²) in [5.74, 6) is -2.46. The van der Waals surface area contributed by atoms with Gasteiger partial charge in [0.25, 0.3) is 0 Å². The average Bonchev–Trinajstić information content (AvgIpc) is 2.72. The summed E-state index contributed by atoms with van der Waals surface area (Å²) >= 11 is 5.99. The normalized spacial score (nSPS) is 10.4. The van der Waals surface area contributed by atoms with Crippen molar-refractivity contribution in [3.8, 4) is 11.3 Å². The lowest BCUT2D eigenvalue weighted by molar-refractivity contribution is -0.137. The van der Waals surface area contributed by atoms with Gasteiger partial charge in [-0.3, -0.25) is 4.79 Å². The van der Waals surface area contributed by atoms with Crippen molar-refractivity contribution in [2.75, 3.05) is 0 Å². The van der Waals surface area contributed by atoms with Crippen molar-refractivity contribution < 1.29 is 19.8 Å². The number of carboxylic acid groups (broad SMARTS) is 2. The van der Waals surface area contributed by atoms with Crippen molar-refractivity contribution in [2.24, 2.45) is 0 Å². The molecule has 8 heteroatoms. The fraction of sp³-hybridized carbons (Fsp3) is 0.0909. The first-order valence-corrected chi connectivity index (χ1v) is 5.52. The van der Waals surface area contributed by atoms with Crippen LogP contribution in [0.5, 0.6) is 0 Å². The van der Waals surface area contributed by atoms with E-state index in [9.17, 15) is 9.59 Å². The van der Waals surface area contributed by atoms with Gasteiger partial charge in [-0.15, -0.1) is 5.10 Å². The van der Waals surface area contributed by atoms with Gasteiger partial charge in [0.05, 0.1) is 5.02 Å². The molecule has 0 saturated carbocycles. The largest absolute Gasteiger partial charge is 0.480 e. The first kappa shape index (κ1) is 13.0. The van der Waals surface area contributed by atoms with Crippen molar-refractivity contribution in [1.29, 1.82) is 0 Å². The van der Waals surface area contributed by atoms with Crippen LogP contribution < -0.4 is 0 Å². The highest BCUT2D eigenvalue weighted by molar-refractivity contribution is 6.33. The van der Waals surface area contributed by atoms with Crippen LogP contribution in [0.4, 0.5) is 0 Å². The Hall–Kier alpha value is -2.41. The first-order valence-electron chi connectivity index (χ1n) is 5.14. The predicted octanol–water partition coefficient (Wildman–Crippen LogP) is 1.38. The second kappa shape index (κ2) is 5.07. The summed E-state index contributed by atoms with van der Waals surface area (Å²) in [5, 5.41) is 25.2. The van der Waals surface area contributed by atoms with E-state index in [0.717, 1.165) is 4.68 Å². The Morgan fingerprint density at radius 3 is 2.53 bits per heavy atom. The quantitative estimate of drug-likeness (QED) is 0.877. The number of aromatic carboxylic acids is 1. The summed E-state index contributed by atoms with van der Waals surface area (Å²) in [7, 11) is 0. The molecule has 0 amide bonds. The summed E-state index contributed by atoms with van der Waals surface area (Å²) in [5.41, 5.74) is 0.0997. The molecule has 1 heterocycles. The van der Waals surface area contributed by atoms with Gasteiger partial charge in [-0.25, -0.2) is 9.48 Å². The highest BCUT2D eigenvalue weighted by atomic mass is 35.5. The second-order valence-corrected chi connectivity index (χ2v) is 4.03. The monoisotopic (exact) mass is 281 g/mol. The van der Waals surface area contributed by atoms with Crippen molar-refractivity contribution in [2.45, 2.75) is 6.54 Å². The van der Waals surface area contributed by atoms with Crippen LogP contribution in [0.3, 0.4) is 0 Å². The molecular weight excluding hydrogens is 274 g/mol. The highest BCUT2D eigenvalue weighted by Crippen LogP contribution is 2.29. The van der Waals surface area contributed by atoms with Gasteiger partial charge in [-0.1, -0.05) is 35.0 Å². The molecule has 2 N–H and O–H groups in total. The molecule has 0 saturated heterocycles. The van der Waals surface area contributed by atoms with Crippen molar-refractivity contribution >= 4 is 23.5 Å². The Morgan fingerprint density at radius 1 is 1.26 bits per heavy atom. The molecule has 1 aromatic heterocycles. The van der Waals surface area contributed by atoms with E-state index in [2.05, 4.69) is 10.3 Å². The SMILES string of the molecule is O=C(O)Cn1nnc(C(=O)O)c1-c1ccccc1Cl. The van der Waals surface area contributed by atoms with Gasteiger partial charge in [0.15, 0.2) is 5.69 Å². The standard InChI is InChI=1S/C11H8ClN3O4/c12-7-4-2-1-3-6(7)10-9(11(18)19)13-14-15(10)5-8(16)17/h1-4H,5H2,(H,16,17)(H,18,19). The van der Waals surface area contributed by atoms with Crippen LogP contribution in [0, 0.1) is 0 Å². The van der Waals surface area contributed by atoms with Gasteiger partial charge in [0.1, 0.15) is 12.2 Å². The summed E-state index contributed by atoms with van der Waals surface area (Å²) < 4.78 is 0.993. The lowest BCUT2D eigenvalue weighted by Crippen LogP contribution is -2.12. The molecule has 0 radical (unpaired) electrons. The zero-order valence-electron chi connectivity index (χ0n) is 9.45. The third kappa shape index (κ3) is 2.55. The number of aromatic nitrogens is 3. The molecule has 0 aliphatic carbocycles. The molecule has 0 aliphatic heterocycles. The van der Waals surface area contributed by atoms with Gasteiger partial charge >= 0.3 is 11.9 Å². The van der Waals surface area contributed by atoms with E-state index in [-0.39, 0.29) is 11.4 Å². The van der Waals surface area contributed by atoms with Crippen molar-refractivity contribution in [1.82, 2.24) is 15.0 Å². The lowest BCUT2D eigenvalue weighted by atomic mass is 10.1. The molecule has 1 aromatic carbocycles. The van der Waals surface area contributed by atoms with Gasteiger partial charge in [-0.05, 0) is 6.07 Å². The number of halogens is 1. The summed E-state index contributed by atoms with van der Waals surface area (Å²) in [6.07, 6.45) is 0. The van der Waals surface area contributed by atoms with Crippen LogP contribution in [-0.4, -0.2) is 37.1 Å². The maximum absolute atomic E-state index is 11.1. The molecule has 0 fully saturated rings. The van der Waals surface area contributed by atoms with Crippen LogP contribution in [0.15, 0.2) is 24.3 Å². The molecule has 98 valence electrons. The van der Waals surface area contributed by atoms with Crippen LogP contribution in [0.1, 0.15) is 10.5 Å². The third-order valence-electron chi connectivity index (χ3n) is 2.35. The van der Waals surface area contributed by atoms with E-state index in [1.54, 1.807) is 24.3 Å². The summed E-state index contributed by atoms with van der Waals surface area (Å²) in [4.78, 5) is 21.8. The minimum Gasteiger partial charge on any atom is -0.480 e. The van der Waals surface area contributed by atoms with E-state index in [0.29, 0.717) is 10.6 Å². The average molecular weight is 282 g/mol. The number of carbonyl (C=O) groups is 2. The smallest absolute Gasteiger partial charge is 0.358 e. The number of nitrogens with zero attached hydrogens (tertiary/aromatic N) is 3. The van der Waals surface area contributed by atoms with E-state index >= 15 is 0 Å². The molecule has 0 aliphatic rings. The molecule has 0 bridgehead atoms. The zero-order chi connectivity index (χ0) is 14.0. The fourth-order valence-electron chi connectivity index (χ4n) is 1.62. The van der Waals surface area contributed by atoms with E-state index < -0.39 is 18.5 Å². The predicted molar refractivity (Wildman–Crippen MR) is 65.1 cm³/mol. The minimum absolute atomic E-state index is 0.0699. The van der Waals surface area contributed by atoms with Gasteiger partial charge < -0.3 is 10.2 Å². The maximum atomic E-state index is 11.1. The summed E-state index contributed by atoms with van der Waals surface area (Å²) in [6.45, 7) is -0.499. The van der Waals surface area contributed by atoms with Gasteiger partial charge in [-0.2, -0.15) is 0 Å². The van der Waals surface area contributed by atoms with Crippen LogP contribution in [0.25, 0.3) is 11.3 Å². The molecule has 0 spiro atoms. The molecular formula is C11H8ClN3O4. The Balaban J connectivity index is 2.65. The van der Waals surface area contributed by atoms with E-state index in [1.807, 2.05) is 0 Å². The van der Waals surface area contributed by atoms with Crippen molar-refractivity contribution in [3.05, 3.63) is 35.0 Å². The van der Waals surface area contributed by atoms with Gasteiger partial charge in [0, 0.05) is 5.56 Å². The Morgan fingerprint density at radius 2 is 1.95 bits per heavy atom. The van der Waals surface area contributed by atoms with Gasteiger partial charge in [0.2, 0.25) is 0 Å². The molecule has 19 heavy (non-hydrogen) atoms. The number of benzene rings is 1. The molecule has 2 aromatic rings. The molecule has 2 rings (SSSR count). The van der Waals surface area contributed by atoms with E-state index in [1.165, 1.54) is 0 Å². The minimum atomic E-state index is -1.30. The summed E-state index contributed by atoms with van der Waals surface area (Å²) in [6, 6.07) is 6.48. The topological polar surface area (TPSA) is 105 Å². The lowest BCUT2D eigenvalue weighted by Gasteiger charge is -2.06. The Labute approximate surface area is 112 Å². The Kier molecular flexibility index (Phi) is 3.48. The maximum Gasteiger partial charge on any atom is 0.358 e. The highest BCUT2D eigenvalue weighted by Gasteiger charge is 2.23. The fourth-order valence-corrected chi connectivity index (χ4v) is 1.84. The van der Waals surface area contributed by atoms with Crippen molar-refractivity contribution in [3.63, 3.8) is 0 Å². The number of rotatable bonds is 4. The molecule has 0 atom stereocenters. The Bertz CT molecular complexity index is 653. The molecule has 7 nitrogen and oxygen atoms in total. The third-order valence-corrected chi connectivity index (χ3v) is 2.68. The second-order valence-electron chi connectivity index (χ2n) is 3.62. The number of hydrogen-bond acceptors (Lipinski definition) is 4.